The molecule has 0 fully saturated rings. The SMILES string of the molecule is BC(C)(C)C(C)(C)PC. The minimum Gasteiger partial charge on any atom is -0.120 e. The van der Waals surface area contributed by atoms with Gasteiger partial charge in [-0.2, -0.15) is 0 Å². The Hall–Kier alpha value is 0.495. The second-order valence-electron chi connectivity index (χ2n) is 4.12. The van der Waals surface area contributed by atoms with Gasteiger partial charge in [0.1, 0.15) is 7.85 Å². The molecule has 0 heterocycles. The third-order valence-electron chi connectivity index (χ3n) is 2.50. The molecule has 0 aliphatic heterocycles. The van der Waals surface area contributed by atoms with E-state index in [0.717, 1.165) is 8.58 Å². The molecule has 1 unspecified atom stereocenters. The summed E-state index contributed by atoms with van der Waals surface area (Å²) in [6.45, 7) is 11.6. The van der Waals surface area contributed by atoms with Crippen LogP contribution < -0.4 is 0 Å². The largest absolute Gasteiger partial charge is 0.120 e. The predicted octanol–water partition coefficient (Wildman–Crippen LogP) is 1.90. The summed E-state index contributed by atoms with van der Waals surface area (Å²) in [5.74, 6) is 0. The second-order valence-corrected chi connectivity index (χ2v) is 5.88. The zero-order chi connectivity index (χ0) is 7.71. The van der Waals surface area contributed by atoms with E-state index in [0.29, 0.717) is 10.5 Å². The molecule has 0 bridgehead atoms. The second kappa shape index (κ2) is 2.62. The highest BCUT2D eigenvalue weighted by Crippen LogP contribution is 2.46. The first-order chi connectivity index (χ1) is 3.81. The summed E-state index contributed by atoms with van der Waals surface area (Å²) < 4.78 is 0. The molecular formula is C7H18BP. The van der Waals surface area contributed by atoms with Crippen LogP contribution >= 0.6 is 8.58 Å². The normalized spacial score (nSPS) is 15.2. The summed E-state index contributed by atoms with van der Waals surface area (Å²) in [5.41, 5.74) is 0. The van der Waals surface area contributed by atoms with Gasteiger partial charge in [-0.3, -0.25) is 0 Å². The van der Waals surface area contributed by atoms with Gasteiger partial charge in [0.15, 0.2) is 0 Å². The predicted molar refractivity (Wildman–Crippen MR) is 50.9 cm³/mol. The summed E-state index contributed by atoms with van der Waals surface area (Å²) in [6.07, 6.45) is 0. The van der Waals surface area contributed by atoms with Crippen molar-refractivity contribution in [1.29, 1.82) is 0 Å². The molecule has 0 N–H and O–H groups in total. The number of hydrogen-bond acceptors (Lipinski definition) is 0. The summed E-state index contributed by atoms with van der Waals surface area (Å²) in [5, 5.41) is 0.965. The van der Waals surface area contributed by atoms with E-state index < -0.39 is 0 Å². The van der Waals surface area contributed by atoms with Crippen molar-refractivity contribution < 1.29 is 0 Å². The van der Waals surface area contributed by atoms with Crippen LogP contribution in [0.5, 0.6) is 0 Å². The average Bonchev–Trinajstić information content (AvgIpc) is 1.64. The lowest BCUT2D eigenvalue weighted by Crippen LogP contribution is -2.28. The van der Waals surface area contributed by atoms with Crippen molar-refractivity contribution >= 4 is 16.4 Å². The molecule has 2 heteroatoms. The molecule has 0 saturated carbocycles. The number of hydrogen-bond donors (Lipinski definition) is 0. The fraction of sp³-hybridized carbons (Fsp3) is 1.00. The van der Waals surface area contributed by atoms with Crippen LogP contribution in [0.15, 0.2) is 0 Å². The maximum Gasteiger partial charge on any atom is 0.109 e. The molecule has 0 aromatic carbocycles. The van der Waals surface area contributed by atoms with E-state index in [-0.39, 0.29) is 0 Å². The quantitative estimate of drug-likeness (QED) is 0.410. The van der Waals surface area contributed by atoms with Crippen molar-refractivity contribution in [1.82, 2.24) is 0 Å². The fourth-order valence-electron chi connectivity index (χ4n) is 0.375. The van der Waals surface area contributed by atoms with Gasteiger partial charge < -0.3 is 0 Å². The number of rotatable bonds is 2. The van der Waals surface area contributed by atoms with Gasteiger partial charge in [0.2, 0.25) is 0 Å². The Kier molecular flexibility index (Phi) is 2.76. The van der Waals surface area contributed by atoms with Crippen molar-refractivity contribution in [2.75, 3.05) is 6.66 Å². The van der Waals surface area contributed by atoms with Gasteiger partial charge >= 0.3 is 0 Å². The maximum atomic E-state index is 2.34. The van der Waals surface area contributed by atoms with Crippen molar-refractivity contribution in [3.63, 3.8) is 0 Å². The fourth-order valence-corrected chi connectivity index (χ4v) is 1.12. The lowest BCUT2D eigenvalue weighted by molar-refractivity contribution is 0.523. The van der Waals surface area contributed by atoms with E-state index in [1.54, 1.807) is 0 Å². The Bertz CT molecular complexity index is 91.6. The van der Waals surface area contributed by atoms with E-state index >= 15 is 0 Å². The van der Waals surface area contributed by atoms with Crippen LogP contribution in [-0.2, 0) is 0 Å². The van der Waals surface area contributed by atoms with Crippen LogP contribution in [0.1, 0.15) is 27.7 Å². The Morgan fingerprint density at radius 1 is 1.11 bits per heavy atom. The van der Waals surface area contributed by atoms with Crippen LogP contribution in [0.25, 0.3) is 0 Å². The van der Waals surface area contributed by atoms with Crippen molar-refractivity contribution in [3.8, 4) is 0 Å². The van der Waals surface area contributed by atoms with Gasteiger partial charge in [-0.15, -0.1) is 8.58 Å². The monoisotopic (exact) mass is 144 g/mol. The molecule has 0 amide bonds. The van der Waals surface area contributed by atoms with E-state index in [2.05, 4.69) is 42.2 Å². The van der Waals surface area contributed by atoms with Crippen molar-refractivity contribution in [2.45, 2.75) is 38.2 Å². The zero-order valence-corrected chi connectivity index (χ0v) is 8.50. The molecule has 0 nitrogen and oxygen atoms in total. The minimum absolute atomic E-state index is 0.459. The minimum atomic E-state index is 0.459. The van der Waals surface area contributed by atoms with E-state index in [4.69, 9.17) is 0 Å². The molecule has 0 aliphatic rings. The van der Waals surface area contributed by atoms with E-state index in [1.807, 2.05) is 0 Å². The van der Waals surface area contributed by atoms with Crippen LogP contribution in [0.4, 0.5) is 0 Å². The standard InChI is InChI=1S/C7H18BP/c1-6(2,8)7(3,4)9-5/h9H,8H2,1-5H3. The summed E-state index contributed by atoms with van der Waals surface area (Å²) in [4.78, 5) is 0. The highest BCUT2D eigenvalue weighted by Gasteiger charge is 2.30. The molecule has 1 atom stereocenters. The maximum absolute atomic E-state index is 2.34. The summed E-state index contributed by atoms with van der Waals surface area (Å²) >= 11 is 0. The topological polar surface area (TPSA) is 0 Å². The molecule has 0 aliphatic carbocycles. The summed E-state index contributed by atoms with van der Waals surface area (Å²) in [7, 11) is 3.34. The molecule has 0 spiro atoms. The average molecular weight is 144 g/mol. The van der Waals surface area contributed by atoms with Crippen LogP contribution in [0.3, 0.4) is 0 Å². The zero-order valence-electron chi connectivity index (χ0n) is 7.50. The molecule has 0 aromatic rings. The first kappa shape index (κ1) is 9.49. The molecule has 0 saturated heterocycles. The highest BCUT2D eigenvalue weighted by atomic mass is 31.1. The van der Waals surface area contributed by atoms with E-state index in [1.165, 1.54) is 0 Å². The van der Waals surface area contributed by atoms with Crippen molar-refractivity contribution in [2.24, 2.45) is 0 Å². The smallest absolute Gasteiger partial charge is 0.109 e. The lowest BCUT2D eigenvalue weighted by atomic mass is 9.64. The van der Waals surface area contributed by atoms with Gasteiger partial charge in [-0.05, 0) is 11.8 Å². The Morgan fingerprint density at radius 2 is 1.44 bits per heavy atom. The molecule has 0 radical (unpaired) electrons. The van der Waals surface area contributed by atoms with Crippen LogP contribution in [-0.4, -0.2) is 19.7 Å². The van der Waals surface area contributed by atoms with Crippen molar-refractivity contribution in [3.05, 3.63) is 0 Å². The molecule has 54 valence electrons. The Morgan fingerprint density at radius 3 is 1.44 bits per heavy atom. The molecular weight excluding hydrogens is 126 g/mol. The van der Waals surface area contributed by atoms with Gasteiger partial charge in [0.25, 0.3) is 0 Å². The van der Waals surface area contributed by atoms with Gasteiger partial charge in [0, 0.05) is 0 Å². The Balaban J connectivity index is 4.14. The Labute approximate surface area is 62.0 Å². The lowest BCUT2D eigenvalue weighted by Gasteiger charge is -2.38. The third-order valence-corrected chi connectivity index (χ3v) is 4.50. The van der Waals surface area contributed by atoms with Crippen LogP contribution in [0.2, 0.25) is 5.31 Å². The van der Waals surface area contributed by atoms with Gasteiger partial charge in [0.05, 0.1) is 0 Å². The molecule has 0 rings (SSSR count). The van der Waals surface area contributed by atoms with Gasteiger partial charge in [-0.25, -0.2) is 0 Å². The van der Waals surface area contributed by atoms with E-state index in [9.17, 15) is 0 Å². The van der Waals surface area contributed by atoms with Gasteiger partial charge in [-0.1, -0.05) is 33.0 Å². The first-order valence-corrected chi connectivity index (χ1v) is 5.00. The first-order valence-electron chi connectivity index (χ1n) is 3.50. The highest BCUT2D eigenvalue weighted by molar-refractivity contribution is 7.39. The summed E-state index contributed by atoms with van der Waals surface area (Å²) in [6, 6.07) is 0. The van der Waals surface area contributed by atoms with Crippen LogP contribution in [0, 0.1) is 0 Å². The molecule has 0 aromatic heterocycles. The third kappa shape index (κ3) is 2.30. The molecule has 9 heavy (non-hydrogen) atoms.